The molecule has 0 saturated heterocycles. The molecule has 0 amide bonds. The zero-order valence-corrected chi connectivity index (χ0v) is 12.6. The Morgan fingerprint density at radius 3 is 2.59 bits per heavy atom. The maximum atomic E-state index is 9.92. The first-order valence-electron chi connectivity index (χ1n) is 7.31. The van der Waals surface area contributed by atoms with Gasteiger partial charge in [0.05, 0.1) is 6.04 Å². The van der Waals surface area contributed by atoms with Crippen molar-refractivity contribution in [3.63, 3.8) is 0 Å². The van der Waals surface area contributed by atoms with E-state index >= 15 is 0 Å². The molecule has 22 heavy (non-hydrogen) atoms. The summed E-state index contributed by atoms with van der Waals surface area (Å²) in [6, 6.07) is 15.2. The average molecular weight is 299 g/mol. The molecule has 2 rings (SSSR count). The third kappa shape index (κ3) is 4.48. The van der Waals surface area contributed by atoms with Crippen molar-refractivity contribution in [3.8, 4) is 11.5 Å². The Labute approximate surface area is 130 Å². The number of phenolic OH excluding ortho intramolecular Hbond substituents is 1. The van der Waals surface area contributed by atoms with Crippen molar-refractivity contribution in [2.24, 2.45) is 16.2 Å². The van der Waals surface area contributed by atoms with Gasteiger partial charge in [0.1, 0.15) is 6.61 Å². The lowest BCUT2D eigenvalue weighted by molar-refractivity contribution is 0.288. The van der Waals surface area contributed by atoms with Crippen molar-refractivity contribution in [2.75, 3.05) is 0 Å². The molecule has 3 N–H and O–H groups in total. The number of hydrogen-bond acceptors (Lipinski definition) is 4. The summed E-state index contributed by atoms with van der Waals surface area (Å²) in [4.78, 5) is 0. The maximum Gasteiger partial charge on any atom is 0.161 e. The molecule has 5 nitrogen and oxygen atoms in total. The lowest BCUT2D eigenvalue weighted by Crippen LogP contribution is -2.07. The minimum absolute atomic E-state index is 0.0384. The van der Waals surface area contributed by atoms with Gasteiger partial charge in [-0.2, -0.15) is 5.11 Å². The van der Waals surface area contributed by atoms with Crippen molar-refractivity contribution < 1.29 is 9.84 Å². The molecule has 0 saturated carbocycles. The zero-order chi connectivity index (χ0) is 15.8. The molecular weight excluding hydrogens is 278 g/mol. The van der Waals surface area contributed by atoms with Crippen LogP contribution in [-0.2, 0) is 13.0 Å². The number of phenols is 1. The largest absolute Gasteiger partial charge is 0.504 e. The van der Waals surface area contributed by atoms with E-state index in [1.54, 1.807) is 6.07 Å². The predicted octanol–water partition coefficient (Wildman–Crippen LogP) is 3.62. The fourth-order valence-corrected chi connectivity index (χ4v) is 2.17. The molecule has 1 atom stereocenters. The van der Waals surface area contributed by atoms with E-state index < -0.39 is 0 Å². The highest BCUT2D eigenvalue weighted by atomic mass is 16.5. The van der Waals surface area contributed by atoms with Crippen LogP contribution in [0.2, 0.25) is 0 Å². The summed E-state index contributed by atoms with van der Waals surface area (Å²) in [6.45, 7) is 2.45. The highest BCUT2D eigenvalue weighted by Gasteiger charge is 2.09. The molecular formula is C17H21N3O2. The Morgan fingerprint density at radius 2 is 1.91 bits per heavy atom. The van der Waals surface area contributed by atoms with E-state index in [9.17, 15) is 5.11 Å². The Morgan fingerprint density at radius 1 is 1.14 bits per heavy atom. The molecule has 0 aliphatic rings. The van der Waals surface area contributed by atoms with Gasteiger partial charge in [-0.15, -0.1) is 0 Å². The van der Waals surface area contributed by atoms with Gasteiger partial charge in [-0.3, -0.25) is 0 Å². The van der Waals surface area contributed by atoms with Crippen LogP contribution in [0.4, 0.5) is 0 Å². The molecule has 0 aliphatic carbocycles. The second-order valence-electron chi connectivity index (χ2n) is 5.07. The van der Waals surface area contributed by atoms with Gasteiger partial charge in [-0.1, -0.05) is 48.5 Å². The Balaban J connectivity index is 2.06. The highest BCUT2D eigenvalue weighted by molar-refractivity contribution is 5.42. The summed E-state index contributed by atoms with van der Waals surface area (Å²) in [5, 5.41) is 17.3. The van der Waals surface area contributed by atoms with Crippen LogP contribution in [0.25, 0.3) is 0 Å². The van der Waals surface area contributed by atoms with Crippen LogP contribution in [0.5, 0.6) is 11.5 Å². The van der Waals surface area contributed by atoms with Crippen LogP contribution < -0.4 is 10.6 Å². The van der Waals surface area contributed by atoms with Gasteiger partial charge < -0.3 is 15.7 Å². The van der Waals surface area contributed by atoms with Crippen LogP contribution in [0.1, 0.15) is 24.5 Å². The number of benzene rings is 2. The van der Waals surface area contributed by atoms with Gasteiger partial charge in [-0.25, -0.2) is 0 Å². The van der Waals surface area contributed by atoms with Crippen LogP contribution >= 0.6 is 0 Å². The second kappa shape index (κ2) is 8.02. The molecule has 5 heteroatoms. The van der Waals surface area contributed by atoms with E-state index in [0.717, 1.165) is 17.5 Å². The summed E-state index contributed by atoms with van der Waals surface area (Å²) >= 11 is 0. The Hall–Kier alpha value is -2.56. The molecule has 116 valence electrons. The fourth-order valence-electron chi connectivity index (χ4n) is 2.17. The minimum Gasteiger partial charge on any atom is -0.504 e. The first-order chi connectivity index (χ1) is 10.7. The van der Waals surface area contributed by atoms with Crippen molar-refractivity contribution in [1.82, 2.24) is 0 Å². The van der Waals surface area contributed by atoms with Crippen LogP contribution in [0, 0.1) is 0 Å². The molecule has 0 spiro atoms. The zero-order valence-electron chi connectivity index (χ0n) is 12.6. The lowest BCUT2D eigenvalue weighted by atomic mass is 10.0. The van der Waals surface area contributed by atoms with Crippen LogP contribution in [-0.4, -0.2) is 11.1 Å². The van der Waals surface area contributed by atoms with Gasteiger partial charge in [0.2, 0.25) is 0 Å². The molecule has 0 heterocycles. The fraction of sp³-hybridized carbons (Fsp3) is 0.294. The lowest BCUT2D eigenvalue weighted by Gasteiger charge is -2.12. The molecule has 0 aliphatic heterocycles. The number of nitrogens with two attached hydrogens (primary N) is 1. The molecule has 2 aromatic carbocycles. The van der Waals surface area contributed by atoms with E-state index in [1.807, 2.05) is 49.4 Å². The number of ether oxygens (including phenoxy) is 1. The third-order valence-corrected chi connectivity index (χ3v) is 3.43. The molecule has 0 aromatic heterocycles. The molecule has 0 radical (unpaired) electrons. The summed E-state index contributed by atoms with van der Waals surface area (Å²) in [6.07, 6.45) is 1.56. The maximum absolute atomic E-state index is 9.92. The summed E-state index contributed by atoms with van der Waals surface area (Å²) in [5.74, 6) is 5.72. The van der Waals surface area contributed by atoms with E-state index in [-0.39, 0.29) is 11.8 Å². The highest BCUT2D eigenvalue weighted by Crippen LogP contribution is 2.28. The van der Waals surface area contributed by atoms with Gasteiger partial charge >= 0.3 is 0 Å². The average Bonchev–Trinajstić information content (AvgIpc) is 2.55. The minimum atomic E-state index is 0.0384. The second-order valence-corrected chi connectivity index (χ2v) is 5.07. The Kier molecular flexibility index (Phi) is 5.77. The smallest absolute Gasteiger partial charge is 0.161 e. The predicted molar refractivity (Wildman–Crippen MR) is 85.7 cm³/mol. The van der Waals surface area contributed by atoms with Gasteiger partial charge in [0.15, 0.2) is 11.5 Å². The van der Waals surface area contributed by atoms with Crippen molar-refractivity contribution in [3.05, 3.63) is 59.7 Å². The molecule has 2 aromatic rings. The van der Waals surface area contributed by atoms with E-state index in [1.165, 1.54) is 0 Å². The summed E-state index contributed by atoms with van der Waals surface area (Å²) in [7, 11) is 0. The SMILES string of the molecule is CCC(Cc1ccc(O)c(OCc2ccccc2)c1)N=NN. The summed E-state index contributed by atoms with van der Waals surface area (Å²) in [5.41, 5.74) is 2.08. The van der Waals surface area contributed by atoms with Crippen molar-refractivity contribution in [2.45, 2.75) is 32.4 Å². The van der Waals surface area contributed by atoms with Crippen molar-refractivity contribution >= 4 is 0 Å². The molecule has 0 fully saturated rings. The molecule has 1 unspecified atom stereocenters. The topological polar surface area (TPSA) is 80.2 Å². The molecule has 0 bridgehead atoms. The quantitative estimate of drug-likeness (QED) is 0.465. The first-order valence-corrected chi connectivity index (χ1v) is 7.31. The third-order valence-electron chi connectivity index (χ3n) is 3.43. The van der Waals surface area contributed by atoms with E-state index in [2.05, 4.69) is 10.3 Å². The van der Waals surface area contributed by atoms with Gasteiger partial charge in [-0.05, 0) is 36.1 Å². The van der Waals surface area contributed by atoms with Crippen LogP contribution in [0.3, 0.4) is 0 Å². The summed E-state index contributed by atoms with van der Waals surface area (Å²) < 4.78 is 5.71. The number of aromatic hydroxyl groups is 1. The normalized spacial score (nSPS) is 12.4. The number of nitrogens with zero attached hydrogens (tertiary/aromatic N) is 2. The van der Waals surface area contributed by atoms with Gasteiger partial charge in [0.25, 0.3) is 0 Å². The van der Waals surface area contributed by atoms with Gasteiger partial charge in [0, 0.05) is 0 Å². The first kappa shape index (κ1) is 15.8. The standard InChI is InChI=1S/C17H21N3O2/c1-2-15(19-20-18)10-14-8-9-16(21)17(11-14)22-12-13-6-4-3-5-7-13/h3-9,11,15,21H,2,10,12H2,1H3,(H2,18,19). The monoisotopic (exact) mass is 299 g/mol. The number of rotatable bonds is 7. The van der Waals surface area contributed by atoms with Crippen molar-refractivity contribution in [1.29, 1.82) is 0 Å². The number of hydrogen-bond donors (Lipinski definition) is 2. The van der Waals surface area contributed by atoms with E-state index in [0.29, 0.717) is 18.8 Å². The van der Waals surface area contributed by atoms with E-state index in [4.69, 9.17) is 10.6 Å². The Bertz CT molecular complexity index is 615. The van der Waals surface area contributed by atoms with Crippen LogP contribution in [0.15, 0.2) is 58.9 Å².